The Morgan fingerprint density at radius 1 is 1.33 bits per heavy atom. The molecule has 12 nitrogen and oxygen atoms in total. The molecule has 0 spiro atoms. The number of carbonyl (C=O) groups excluding carboxylic acids is 2. The van der Waals surface area contributed by atoms with E-state index >= 15 is 0 Å². The van der Waals surface area contributed by atoms with Crippen molar-refractivity contribution < 1.29 is 28.5 Å². The van der Waals surface area contributed by atoms with Crippen molar-refractivity contribution in [1.82, 2.24) is 15.0 Å². The van der Waals surface area contributed by atoms with Gasteiger partial charge in [0.2, 0.25) is 5.82 Å². The molecule has 1 N–H and O–H groups in total. The van der Waals surface area contributed by atoms with Crippen LogP contribution in [0.4, 0.5) is 22.1 Å². The first-order valence-electron chi connectivity index (χ1n) is 10.6. The lowest BCUT2D eigenvalue weighted by atomic mass is 10.1. The molecule has 3 aliphatic rings. The largest absolute Gasteiger partial charge is 0.491 e. The van der Waals surface area contributed by atoms with E-state index in [1.165, 1.54) is 7.11 Å². The van der Waals surface area contributed by atoms with Crippen LogP contribution in [0.15, 0.2) is 18.3 Å². The van der Waals surface area contributed by atoms with E-state index in [2.05, 4.69) is 25.2 Å². The van der Waals surface area contributed by atoms with E-state index in [9.17, 15) is 9.59 Å². The highest BCUT2D eigenvalue weighted by molar-refractivity contribution is 6.04. The maximum atomic E-state index is 13.4. The lowest BCUT2D eigenvalue weighted by Crippen LogP contribution is -2.49. The van der Waals surface area contributed by atoms with Crippen LogP contribution in [0.5, 0.6) is 5.75 Å². The molecule has 0 aliphatic carbocycles. The molecule has 2 bridgehead atoms. The predicted molar refractivity (Wildman–Crippen MR) is 116 cm³/mol. The summed E-state index contributed by atoms with van der Waals surface area (Å²) in [5.41, 5.74) is 1.36. The van der Waals surface area contributed by atoms with Crippen LogP contribution in [-0.2, 0) is 14.2 Å². The average Bonchev–Trinajstić information content (AvgIpc) is 3.48. The molecular formula is C21H24N6O6. The minimum Gasteiger partial charge on any atom is -0.491 e. The van der Waals surface area contributed by atoms with Crippen LogP contribution in [0, 0.1) is 6.92 Å². The highest BCUT2D eigenvalue weighted by atomic mass is 16.7. The Kier molecular flexibility index (Phi) is 5.68. The van der Waals surface area contributed by atoms with Gasteiger partial charge in [0.25, 0.3) is 0 Å². The first-order valence-corrected chi connectivity index (χ1v) is 10.6. The van der Waals surface area contributed by atoms with Crippen molar-refractivity contribution in [1.29, 1.82) is 0 Å². The first-order chi connectivity index (χ1) is 16.0. The number of methoxy groups -OCH3 is 1. The molecule has 5 rings (SSSR count). The number of aromatic nitrogens is 3. The number of pyridine rings is 1. The number of esters is 1. The van der Waals surface area contributed by atoms with Crippen molar-refractivity contribution in [3.63, 3.8) is 0 Å². The number of nitrogens with one attached hydrogen (secondary N) is 1. The van der Waals surface area contributed by atoms with Gasteiger partial charge in [0.15, 0.2) is 5.82 Å². The molecule has 2 amide bonds. The van der Waals surface area contributed by atoms with Gasteiger partial charge in [0.05, 0.1) is 25.5 Å². The summed E-state index contributed by atoms with van der Waals surface area (Å²) in [4.78, 5) is 42.1. The van der Waals surface area contributed by atoms with E-state index in [-0.39, 0.29) is 24.8 Å². The van der Waals surface area contributed by atoms with E-state index in [0.29, 0.717) is 42.8 Å². The van der Waals surface area contributed by atoms with Gasteiger partial charge in [-0.3, -0.25) is 10.2 Å². The number of aryl methyl sites for hydroxylation is 1. The Morgan fingerprint density at radius 3 is 3.00 bits per heavy atom. The number of rotatable bonds is 5. The average molecular weight is 456 g/mol. The molecule has 0 radical (unpaired) electrons. The lowest BCUT2D eigenvalue weighted by molar-refractivity contribution is 0.0320. The van der Waals surface area contributed by atoms with Gasteiger partial charge < -0.3 is 23.8 Å². The molecule has 2 saturated heterocycles. The zero-order chi connectivity index (χ0) is 22.9. The Labute approximate surface area is 189 Å². The van der Waals surface area contributed by atoms with E-state index in [1.54, 1.807) is 30.2 Å². The third kappa shape index (κ3) is 4.14. The summed E-state index contributed by atoms with van der Waals surface area (Å²) >= 11 is 0. The highest BCUT2D eigenvalue weighted by Gasteiger charge is 2.42. The number of ether oxygens (including phenoxy) is 4. The fourth-order valence-corrected chi connectivity index (χ4v) is 4.26. The molecular weight excluding hydrogens is 432 g/mol. The van der Waals surface area contributed by atoms with Gasteiger partial charge in [-0.1, -0.05) is 0 Å². The normalized spacial score (nSPS) is 21.0. The quantitative estimate of drug-likeness (QED) is 0.658. The molecule has 2 aromatic heterocycles. The van der Waals surface area contributed by atoms with Gasteiger partial charge >= 0.3 is 12.0 Å². The number of fused-ring (bicyclic) bond motifs is 4. The van der Waals surface area contributed by atoms with Crippen LogP contribution >= 0.6 is 0 Å². The Bertz CT molecular complexity index is 1080. The van der Waals surface area contributed by atoms with E-state index < -0.39 is 12.0 Å². The molecule has 174 valence electrons. The van der Waals surface area contributed by atoms with Gasteiger partial charge in [0.1, 0.15) is 36.8 Å². The van der Waals surface area contributed by atoms with Gasteiger partial charge in [-0.25, -0.2) is 24.5 Å². The zero-order valence-electron chi connectivity index (χ0n) is 18.3. The minimum absolute atomic E-state index is 0.0827. The molecule has 12 heteroatoms. The van der Waals surface area contributed by atoms with Crippen molar-refractivity contribution in [2.24, 2.45) is 0 Å². The van der Waals surface area contributed by atoms with Crippen LogP contribution in [0.1, 0.15) is 22.7 Å². The number of hydrogen-bond acceptors (Lipinski definition) is 10. The van der Waals surface area contributed by atoms with Gasteiger partial charge in [-0.2, -0.15) is 0 Å². The lowest BCUT2D eigenvalue weighted by Gasteiger charge is -2.36. The fraction of sp³-hybridized carbons (Fsp3) is 0.476. The van der Waals surface area contributed by atoms with Crippen LogP contribution < -0.4 is 19.9 Å². The maximum Gasteiger partial charge on any atom is 0.376 e. The first kappa shape index (κ1) is 21.3. The molecule has 2 aromatic rings. The third-order valence-corrected chi connectivity index (χ3v) is 5.79. The minimum atomic E-state index is -0.655. The molecule has 3 aliphatic heterocycles. The van der Waals surface area contributed by atoms with Crippen molar-refractivity contribution in [3.05, 3.63) is 29.8 Å². The standard InChI is InChI=1S/C21H24N6O6/c1-12-17-19(25-18(23-12)20(28)30-2)27(13-4-6-26(17)8-13)21(29)24-16-7-14(3-5-22-16)32-10-15-9-31-11-33-15/h3,5,7,13,15H,4,6,8-11H2,1-2H3,(H,22,24,29)/t13-,15+/m0/s1. The second-order valence-electron chi connectivity index (χ2n) is 7.95. The third-order valence-electron chi connectivity index (χ3n) is 5.79. The van der Waals surface area contributed by atoms with Crippen molar-refractivity contribution >= 4 is 29.3 Å². The molecule has 0 aromatic carbocycles. The second-order valence-corrected chi connectivity index (χ2v) is 7.95. The molecule has 2 atom stereocenters. The summed E-state index contributed by atoms with van der Waals surface area (Å²) in [6.45, 7) is 4.32. The van der Waals surface area contributed by atoms with E-state index in [4.69, 9.17) is 18.9 Å². The molecule has 0 unspecified atom stereocenters. The van der Waals surface area contributed by atoms with Crippen molar-refractivity contribution in [3.8, 4) is 5.75 Å². The summed E-state index contributed by atoms with van der Waals surface area (Å²) in [5.74, 6) is 0.535. The summed E-state index contributed by atoms with van der Waals surface area (Å²) in [5, 5.41) is 2.83. The monoisotopic (exact) mass is 456 g/mol. The highest BCUT2D eigenvalue weighted by Crippen LogP contribution is 2.40. The summed E-state index contributed by atoms with van der Waals surface area (Å²) in [7, 11) is 1.27. The number of nitrogens with zero attached hydrogens (tertiary/aromatic N) is 5. The van der Waals surface area contributed by atoms with Crippen LogP contribution in [-0.4, -0.2) is 79.3 Å². The van der Waals surface area contributed by atoms with Crippen molar-refractivity contribution in [2.45, 2.75) is 25.5 Å². The van der Waals surface area contributed by atoms with E-state index in [1.807, 2.05) is 0 Å². The van der Waals surface area contributed by atoms with Crippen LogP contribution in [0.3, 0.4) is 0 Å². The summed E-state index contributed by atoms with van der Waals surface area (Å²) < 4.78 is 21.1. The Balaban J connectivity index is 1.37. The van der Waals surface area contributed by atoms with E-state index in [0.717, 1.165) is 18.7 Å². The number of carbonyl (C=O) groups is 2. The molecule has 2 fully saturated rings. The topological polar surface area (TPSA) is 128 Å². The Hall–Kier alpha value is -3.51. The van der Waals surface area contributed by atoms with Crippen molar-refractivity contribution in [2.75, 3.05) is 55.3 Å². The number of urea groups is 1. The van der Waals surface area contributed by atoms with Gasteiger partial charge in [-0.05, 0) is 19.4 Å². The smallest absolute Gasteiger partial charge is 0.376 e. The second kappa shape index (κ2) is 8.79. The van der Waals surface area contributed by atoms with Gasteiger partial charge in [0, 0.05) is 25.4 Å². The van der Waals surface area contributed by atoms with Crippen LogP contribution in [0.25, 0.3) is 0 Å². The predicted octanol–water partition coefficient (Wildman–Crippen LogP) is 1.35. The number of hydrogen-bond donors (Lipinski definition) is 1. The van der Waals surface area contributed by atoms with Crippen LogP contribution in [0.2, 0.25) is 0 Å². The molecule has 0 saturated carbocycles. The summed E-state index contributed by atoms with van der Waals surface area (Å²) in [6, 6.07) is 2.87. The summed E-state index contributed by atoms with van der Waals surface area (Å²) in [6.07, 6.45) is 2.20. The number of anilines is 3. The fourth-order valence-electron chi connectivity index (χ4n) is 4.26. The van der Waals surface area contributed by atoms with Gasteiger partial charge in [-0.15, -0.1) is 0 Å². The number of amides is 2. The zero-order valence-corrected chi connectivity index (χ0v) is 18.3. The molecule has 5 heterocycles. The molecule has 33 heavy (non-hydrogen) atoms. The maximum absolute atomic E-state index is 13.4. The Morgan fingerprint density at radius 2 is 2.21 bits per heavy atom. The SMILES string of the molecule is COC(=O)c1nc(C)c2c(n1)N(C(=O)Nc1cc(OC[C@H]3COCO3)ccn1)[C@H]1CCN2C1.